The number of likely N-dealkylation sites (tertiary alicyclic amines) is 1. The minimum Gasteiger partial charge on any atom is -0.352 e. The summed E-state index contributed by atoms with van der Waals surface area (Å²) in [5.74, 6) is -0.598. The van der Waals surface area contributed by atoms with E-state index in [1.54, 1.807) is 29.2 Å². The van der Waals surface area contributed by atoms with E-state index in [1.165, 1.54) is 0 Å². The zero-order valence-electron chi connectivity index (χ0n) is 13.8. The summed E-state index contributed by atoms with van der Waals surface area (Å²) < 4.78 is 11.3. The number of nitrogens with one attached hydrogen (secondary N) is 2. The molecule has 1 aromatic rings. The Morgan fingerprint density at radius 2 is 1.75 bits per heavy atom. The van der Waals surface area contributed by atoms with Crippen LogP contribution in [0.4, 0.5) is 10.5 Å². The maximum Gasteiger partial charge on any atom is 0.321 e. The van der Waals surface area contributed by atoms with E-state index in [0.717, 1.165) is 0 Å². The molecule has 0 radical (unpaired) electrons. The quantitative estimate of drug-likeness (QED) is 0.884. The summed E-state index contributed by atoms with van der Waals surface area (Å²) in [7, 11) is 0. The fraction of sp³-hybridized carbons (Fsp3) is 0.529. The minimum atomic E-state index is -0.481. The molecule has 1 aromatic carbocycles. The fourth-order valence-electron chi connectivity index (χ4n) is 3.01. The molecule has 0 unspecified atom stereocenters. The monoisotopic (exact) mass is 333 g/mol. The lowest BCUT2D eigenvalue weighted by Crippen LogP contribution is -2.48. The van der Waals surface area contributed by atoms with Crippen LogP contribution in [0.5, 0.6) is 0 Å². The van der Waals surface area contributed by atoms with Crippen LogP contribution in [0.25, 0.3) is 0 Å². The van der Waals surface area contributed by atoms with Crippen LogP contribution in [0.15, 0.2) is 24.3 Å². The summed E-state index contributed by atoms with van der Waals surface area (Å²) in [5.41, 5.74) is 1.24. The van der Waals surface area contributed by atoms with Crippen molar-refractivity contribution in [3.63, 3.8) is 0 Å². The first-order valence-corrected chi connectivity index (χ1v) is 8.34. The molecule has 0 atom stereocenters. The third-order valence-electron chi connectivity index (χ3n) is 4.36. The molecular weight excluding hydrogens is 310 g/mol. The van der Waals surface area contributed by atoms with Gasteiger partial charge in [0.25, 0.3) is 5.91 Å². The van der Waals surface area contributed by atoms with Crippen LogP contribution in [-0.2, 0) is 9.47 Å². The number of rotatable bonds is 3. The van der Waals surface area contributed by atoms with Crippen molar-refractivity contribution in [2.45, 2.75) is 25.6 Å². The van der Waals surface area contributed by atoms with Crippen LogP contribution in [-0.4, -0.2) is 55.5 Å². The average Bonchev–Trinajstić information content (AvgIpc) is 3.04. The molecule has 3 rings (SSSR count). The van der Waals surface area contributed by atoms with Crippen molar-refractivity contribution in [2.75, 3.05) is 38.2 Å². The molecule has 0 saturated carbocycles. The number of hydrogen-bond donors (Lipinski definition) is 2. The molecule has 130 valence electrons. The predicted octanol–water partition coefficient (Wildman–Crippen LogP) is 1.81. The number of urea groups is 1. The third kappa shape index (κ3) is 3.68. The van der Waals surface area contributed by atoms with Crippen LogP contribution >= 0.6 is 0 Å². The Kier molecular flexibility index (Phi) is 5.01. The Balaban J connectivity index is 1.52. The minimum absolute atomic E-state index is 0.117. The highest BCUT2D eigenvalue weighted by molar-refractivity contribution is 5.95. The lowest BCUT2D eigenvalue weighted by Gasteiger charge is -2.37. The highest BCUT2D eigenvalue weighted by Crippen LogP contribution is 2.31. The number of piperidine rings is 1. The smallest absolute Gasteiger partial charge is 0.321 e. The molecule has 2 aliphatic rings. The lowest BCUT2D eigenvalue weighted by atomic mass is 10.0. The summed E-state index contributed by atoms with van der Waals surface area (Å²) in [6, 6.07) is 6.72. The Hall–Kier alpha value is -2.12. The normalized spacial score (nSPS) is 19.3. The number of carbonyl (C=O) groups excluding carboxylic acids is 2. The highest BCUT2D eigenvalue weighted by Gasteiger charge is 2.40. The second-order valence-corrected chi connectivity index (χ2v) is 5.96. The first-order chi connectivity index (χ1) is 11.6. The van der Waals surface area contributed by atoms with Gasteiger partial charge in [0.1, 0.15) is 0 Å². The average molecular weight is 333 g/mol. The van der Waals surface area contributed by atoms with Gasteiger partial charge in [0.2, 0.25) is 0 Å². The summed E-state index contributed by atoms with van der Waals surface area (Å²) in [6.45, 7) is 4.91. The van der Waals surface area contributed by atoms with Gasteiger partial charge in [0.05, 0.1) is 13.2 Å². The maximum atomic E-state index is 12.3. The Morgan fingerprint density at radius 1 is 1.12 bits per heavy atom. The molecule has 24 heavy (non-hydrogen) atoms. The molecule has 2 saturated heterocycles. The van der Waals surface area contributed by atoms with Gasteiger partial charge in [-0.05, 0) is 31.2 Å². The standard InChI is InChI=1S/C17H23N3O4/c1-2-18-15(21)13-3-5-14(6-4-13)19-16(22)20-9-7-17(8-10-20)23-11-12-24-17/h3-6H,2,7-12H2,1H3,(H,18,21)(H,19,22). The fourth-order valence-corrected chi connectivity index (χ4v) is 3.01. The SMILES string of the molecule is CCNC(=O)c1ccc(NC(=O)N2CCC3(CC2)OCCO3)cc1. The van der Waals surface area contributed by atoms with Gasteiger partial charge in [0.15, 0.2) is 5.79 Å². The Bertz CT molecular complexity index is 586. The molecule has 2 aliphatic heterocycles. The highest BCUT2D eigenvalue weighted by atomic mass is 16.7. The third-order valence-corrected chi connectivity index (χ3v) is 4.36. The van der Waals surface area contributed by atoms with Gasteiger partial charge in [-0.1, -0.05) is 0 Å². The van der Waals surface area contributed by atoms with Gasteiger partial charge in [-0.15, -0.1) is 0 Å². The first kappa shape index (κ1) is 16.7. The van der Waals surface area contributed by atoms with E-state index < -0.39 is 5.79 Å². The summed E-state index contributed by atoms with van der Waals surface area (Å²) in [6.07, 6.45) is 1.38. The zero-order chi connectivity index (χ0) is 17.0. The molecule has 2 fully saturated rings. The number of benzene rings is 1. The van der Waals surface area contributed by atoms with E-state index in [1.807, 2.05) is 6.92 Å². The molecule has 0 bridgehead atoms. The molecule has 7 heteroatoms. The van der Waals surface area contributed by atoms with E-state index in [9.17, 15) is 9.59 Å². The summed E-state index contributed by atoms with van der Waals surface area (Å²) in [4.78, 5) is 25.8. The zero-order valence-corrected chi connectivity index (χ0v) is 13.8. The molecule has 2 heterocycles. The molecule has 2 N–H and O–H groups in total. The second-order valence-electron chi connectivity index (χ2n) is 5.96. The molecule has 1 spiro atoms. The van der Waals surface area contributed by atoms with Gasteiger partial charge in [-0.25, -0.2) is 4.79 Å². The van der Waals surface area contributed by atoms with Gasteiger partial charge >= 0.3 is 6.03 Å². The lowest BCUT2D eigenvalue weighted by molar-refractivity contribution is -0.181. The predicted molar refractivity (Wildman–Crippen MR) is 88.9 cm³/mol. The number of nitrogens with zero attached hydrogens (tertiary/aromatic N) is 1. The van der Waals surface area contributed by atoms with Crippen LogP contribution in [0, 0.1) is 0 Å². The molecule has 0 aliphatic carbocycles. The van der Waals surface area contributed by atoms with Crippen molar-refractivity contribution in [3.05, 3.63) is 29.8 Å². The molecule has 0 aromatic heterocycles. The van der Waals surface area contributed by atoms with Crippen molar-refractivity contribution in [2.24, 2.45) is 0 Å². The van der Waals surface area contributed by atoms with Gasteiger partial charge in [-0.2, -0.15) is 0 Å². The van der Waals surface area contributed by atoms with E-state index in [-0.39, 0.29) is 11.9 Å². The molecule has 3 amide bonds. The number of anilines is 1. The van der Waals surface area contributed by atoms with Crippen LogP contribution in [0.2, 0.25) is 0 Å². The van der Waals surface area contributed by atoms with Crippen LogP contribution in [0.3, 0.4) is 0 Å². The van der Waals surface area contributed by atoms with Gasteiger partial charge < -0.3 is 25.0 Å². The van der Waals surface area contributed by atoms with E-state index in [4.69, 9.17) is 9.47 Å². The van der Waals surface area contributed by atoms with E-state index in [0.29, 0.717) is 56.9 Å². The van der Waals surface area contributed by atoms with E-state index >= 15 is 0 Å². The topological polar surface area (TPSA) is 79.9 Å². The maximum absolute atomic E-state index is 12.3. The van der Waals surface area contributed by atoms with Crippen LogP contribution in [0.1, 0.15) is 30.1 Å². The number of hydrogen-bond acceptors (Lipinski definition) is 4. The van der Waals surface area contributed by atoms with Crippen molar-refractivity contribution in [1.82, 2.24) is 10.2 Å². The largest absolute Gasteiger partial charge is 0.352 e. The number of amides is 3. The van der Waals surface area contributed by atoms with Crippen LogP contribution < -0.4 is 10.6 Å². The van der Waals surface area contributed by atoms with Crippen molar-refractivity contribution in [3.8, 4) is 0 Å². The molecule has 7 nitrogen and oxygen atoms in total. The second kappa shape index (κ2) is 7.19. The number of ether oxygens (including phenoxy) is 2. The summed E-state index contributed by atoms with van der Waals surface area (Å²) in [5, 5.41) is 5.60. The van der Waals surface area contributed by atoms with Crippen molar-refractivity contribution >= 4 is 17.6 Å². The van der Waals surface area contributed by atoms with Gasteiger partial charge in [0, 0.05) is 43.7 Å². The number of carbonyl (C=O) groups is 2. The summed E-state index contributed by atoms with van der Waals surface area (Å²) >= 11 is 0. The van der Waals surface area contributed by atoms with Gasteiger partial charge in [-0.3, -0.25) is 4.79 Å². The van der Waals surface area contributed by atoms with E-state index in [2.05, 4.69) is 10.6 Å². The first-order valence-electron chi connectivity index (χ1n) is 8.34. The van der Waals surface area contributed by atoms with Crippen molar-refractivity contribution < 1.29 is 19.1 Å². The van der Waals surface area contributed by atoms with Crippen molar-refractivity contribution in [1.29, 1.82) is 0 Å². The Morgan fingerprint density at radius 3 is 2.33 bits per heavy atom. The molecular formula is C17H23N3O4. The Labute approximate surface area is 141 Å².